The van der Waals surface area contributed by atoms with E-state index in [0.29, 0.717) is 19.3 Å². The minimum Gasteiger partial charge on any atom is -0.336 e. The zero-order valence-corrected chi connectivity index (χ0v) is 18.5. The van der Waals surface area contributed by atoms with Crippen LogP contribution in [0.5, 0.6) is 0 Å². The predicted molar refractivity (Wildman–Crippen MR) is 115 cm³/mol. The lowest BCUT2D eigenvalue weighted by Crippen LogP contribution is -2.44. The molecular weight excluding hydrogens is 400 g/mol. The molecule has 0 spiro atoms. The van der Waals surface area contributed by atoms with Crippen LogP contribution in [-0.4, -0.2) is 31.7 Å². The number of benzene rings is 1. The van der Waals surface area contributed by atoms with Gasteiger partial charge in [0.15, 0.2) is 0 Å². The summed E-state index contributed by atoms with van der Waals surface area (Å²) >= 11 is 0. The third kappa shape index (κ3) is 5.60. The Morgan fingerprint density at radius 1 is 1.17 bits per heavy atom. The Balaban J connectivity index is 1.79. The van der Waals surface area contributed by atoms with Crippen LogP contribution in [0.4, 0.5) is 0 Å². The van der Waals surface area contributed by atoms with Crippen molar-refractivity contribution in [3.63, 3.8) is 0 Å². The first-order valence-corrected chi connectivity index (χ1v) is 12.0. The number of hydrogen-bond acceptors (Lipinski definition) is 5. The molecule has 30 heavy (non-hydrogen) atoms. The summed E-state index contributed by atoms with van der Waals surface area (Å²) in [5.41, 5.74) is -0.804. The van der Waals surface area contributed by atoms with Gasteiger partial charge >= 0.3 is 0 Å². The van der Waals surface area contributed by atoms with Crippen molar-refractivity contribution in [3.05, 3.63) is 30.3 Å². The van der Waals surface area contributed by atoms with Crippen molar-refractivity contribution in [2.75, 3.05) is 0 Å². The van der Waals surface area contributed by atoms with E-state index in [2.05, 4.69) is 28.0 Å². The molecule has 1 aromatic rings. The topological polar surface area (TPSA) is 111 Å². The Morgan fingerprint density at radius 2 is 1.80 bits per heavy atom. The van der Waals surface area contributed by atoms with Crippen LogP contribution in [0, 0.1) is 16.7 Å². The van der Waals surface area contributed by atoms with Crippen molar-refractivity contribution in [3.8, 4) is 6.07 Å². The van der Waals surface area contributed by atoms with Crippen molar-refractivity contribution in [2.24, 2.45) is 10.4 Å². The maximum Gasteiger partial charge on any atom is 0.262 e. The molecule has 3 rings (SSSR count). The van der Waals surface area contributed by atoms with Crippen LogP contribution >= 0.6 is 0 Å². The summed E-state index contributed by atoms with van der Waals surface area (Å²) in [4.78, 5) is 17.6. The number of amidine groups is 1. The Hall–Kier alpha value is -2.40. The van der Waals surface area contributed by atoms with Crippen LogP contribution in [0.3, 0.4) is 0 Å². The number of nitrogens with zero attached hydrogens (tertiary/aromatic N) is 2. The van der Waals surface area contributed by atoms with Gasteiger partial charge in [0.1, 0.15) is 17.4 Å². The molecule has 0 saturated heterocycles. The summed E-state index contributed by atoms with van der Waals surface area (Å²) in [7, 11) is -3.77. The third-order valence-corrected chi connectivity index (χ3v) is 7.52. The molecule has 2 aliphatic rings. The second kappa shape index (κ2) is 8.76. The van der Waals surface area contributed by atoms with Gasteiger partial charge in [0.2, 0.25) is 5.91 Å². The van der Waals surface area contributed by atoms with Crippen molar-refractivity contribution in [1.29, 1.82) is 5.26 Å². The van der Waals surface area contributed by atoms with Crippen molar-refractivity contribution < 1.29 is 13.2 Å². The molecule has 7 nitrogen and oxygen atoms in total. The highest BCUT2D eigenvalue weighted by Crippen LogP contribution is 2.41. The molecule has 0 heterocycles. The summed E-state index contributed by atoms with van der Waals surface area (Å²) < 4.78 is 27.7. The quantitative estimate of drug-likeness (QED) is 0.511. The second-order valence-electron chi connectivity index (χ2n) is 8.91. The normalized spacial score (nSPS) is 21.2. The van der Waals surface area contributed by atoms with E-state index in [1.807, 2.05) is 0 Å². The van der Waals surface area contributed by atoms with E-state index in [4.69, 9.17) is 0 Å². The zero-order valence-electron chi connectivity index (χ0n) is 17.6. The maximum absolute atomic E-state index is 13.0. The van der Waals surface area contributed by atoms with Gasteiger partial charge in [0.05, 0.1) is 11.0 Å². The van der Waals surface area contributed by atoms with E-state index < -0.39 is 21.6 Å². The molecule has 0 aliphatic heterocycles. The number of carbonyl (C=O) groups excluding carboxylic acids is 1. The highest BCUT2D eigenvalue weighted by molar-refractivity contribution is 7.90. The minimum absolute atomic E-state index is 0.0221. The smallest absolute Gasteiger partial charge is 0.262 e. The van der Waals surface area contributed by atoms with Gasteiger partial charge in [-0.15, -0.1) is 0 Å². The largest absolute Gasteiger partial charge is 0.336 e. The number of rotatable bonds is 7. The fraction of sp³-hybridized carbons (Fsp3) is 0.591. The zero-order chi connectivity index (χ0) is 21.8. The number of hydrogen-bond donors (Lipinski definition) is 2. The van der Waals surface area contributed by atoms with E-state index in [1.54, 1.807) is 25.1 Å². The molecule has 0 aromatic heterocycles. The van der Waals surface area contributed by atoms with Gasteiger partial charge in [0.25, 0.3) is 10.0 Å². The van der Waals surface area contributed by atoms with Crippen molar-refractivity contribution in [2.45, 2.75) is 81.7 Å². The summed E-state index contributed by atoms with van der Waals surface area (Å²) in [5.74, 6) is -0.140. The third-order valence-electron chi connectivity index (χ3n) is 6.06. The molecule has 1 atom stereocenters. The number of nitrogens with one attached hydrogen (secondary N) is 2. The summed E-state index contributed by atoms with van der Waals surface area (Å²) in [6.45, 7) is 3.73. The van der Waals surface area contributed by atoms with Crippen LogP contribution in [0.1, 0.15) is 65.2 Å². The van der Waals surface area contributed by atoms with E-state index in [9.17, 15) is 18.5 Å². The Bertz CT molecular complexity index is 940. The molecule has 1 aromatic carbocycles. The molecule has 2 aliphatic carbocycles. The molecule has 162 valence electrons. The lowest BCUT2D eigenvalue weighted by atomic mass is 9.72. The molecule has 8 heteroatoms. The Morgan fingerprint density at radius 3 is 2.37 bits per heavy atom. The average Bonchev–Trinajstić information content (AvgIpc) is 3.48. The predicted octanol–water partition coefficient (Wildman–Crippen LogP) is 3.28. The minimum atomic E-state index is -3.77. The van der Waals surface area contributed by atoms with Gasteiger partial charge in [-0.2, -0.15) is 5.26 Å². The SMILES string of the molecule is CC(=N[C@H](CC1(C)CCCCC1)C(=O)NC1(C#N)CC1)NS(=O)(=O)c1ccccc1. The summed E-state index contributed by atoms with van der Waals surface area (Å²) in [5, 5.41) is 12.2. The number of aliphatic imine (C=N–C) groups is 1. The molecule has 2 saturated carbocycles. The van der Waals surface area contributed by atoms with Crippen molar-refractivity contribution >= 4 is 21.8 Å². The van der Waals surface area contributed by atoms with Crippen LogP contribution in [0.2, 0.25) is 0 Å². The van der Waals surface area contributed by atoms with Crippen LogP contribution in [-0.2, 0) is 14.8 Å². The molecule has 1 amide bonds. The number of amides is 1. The first kappa shape index (κ1) is 22.3. The lowest BCUT2D eigenvalue weighted by molar-refractivity contribution is -0.123. The number of sulfonamides is 1. The lowest BCUT2D eigenvalue weighted by Gasteiger charge is -2.35. The van der Waals surface area contributed by atoms with Crippen LogP contribution < -0.4 is 10.0 Å². The van der Waals surface area contributed by atoms with Gasteiger partial charge in [-0.05, 0) is 56.6 Å². The molecule has 0 bridgehead atoms. The van der Waals surface area contributed by atoms with Crippen LogP contribution in [0.15, 0.2) is 40.2 Å². The first-order chi connectivity index (χ1) is 14.2. The van der Waals surface area contributed by atoms with Gasteiger partial charge in [-0.1, -0.05) is 44.4 Å². The fourth-order valence-electron chi connectivity index (χ4n) is 4.10. The van der Waals surface area contributed by atoms with E-state index in [0.717, 1.165) is 25.7 Å². The molecule has 2 N–H and O–H groups in total. The maximum atomic E-state index is 13.0. The molecule has 0 radical (unpaired) electrons. The van der Waals surface area contributed by atoms with Gasteiger partial charge in [-0.25, -0.2) is 8.42 Å². The highest BCUT2D eigenvalue weighted by Gasteiger charge is 2.46. The first-order valence-electron chi connectivity index (χ1n) is 10.5. The monoisotopic (exact) mass is 430 g/mol. The van der Waals surface area contributed by atoms with Gasteiger partial charge in [-0.3, -0.25) is 14.5 Å². The molecule has 0 unspecified atom stereocenters. The van der Waals surface area contributed by atoms with Gasteiger partial charge < -0.3 is 5.32 Å². The molecule has 2 fully saturated rings. The van der Waals surface area contributed by atoms with Gasteiger partial charge in [0, 0.05) is 0 Å². The number of nitriles is 1. The average molecular weight is 431 g/mol. The molecular formula is C22H30N4O3S. The van der Waals surface area contributed by atoms with Crippen LogP contribution in [0.25, 0.3) is 0 Å². The highest BCUT2D eigenvalue weighted by atomic mass is 32.2. The van der Waals surface area contributed by atoms with E-state index in [-0.39, 0.29) is 22.1 Å². The number of carbonyl (C=O) groups is 1. The van der Waals surface area contributed by atoms with E-state index >= 15 is 0 Å². The van der Waals surface area contributed by atoms with E-state index in [1.165, 1.54) is 18.6 Å². The fourth-order valence-corrected chi connectivity index (χ4v) is 5.17. The summed E-state index contributed by atoms with van der Waals surface area (Å²) in [6.07, 6.45) is 7.29. The van der Waals surface area contributed by atoms with Crippen molar-refractivity contribution in [1.82, 2.24) is 10.0 Å². The second-order valence-corrected chi connectivity index (χ2v) is 10.6. The Labute approximate surface area is 179 Å². The standard InChI is InChI=1S/C22H30N4O3S/c1-17(26-30(28,29)18-9-5-3-6-10-18)24-19(15-21(2)11-7-4-8-12-21)20(27)25-22(16-23)13-14-22/h3,5-6,9-10,19H,4,7-8,11-15H2,1-2H3,(H,24,26)(H,25,27)/t19-/m1/s1. The Kier molecular flexibility index (Phi) is 6.51. The summed E-state index contributed by atoms with van der Waals surface area (Å²) in [6, 6.07) is 9.49.